The largest absolute Gasteiger partial charge is 0.377 e. The molecule has 1 amide bonds. The van der Waals surface area contributed by atoms with Gasteiger partial charge in [-0.1, -0.05) is 66.7 Å². The molecule has 0 bridgehead atoms. The van der Waals surface area contributed by atoms with E-state index in [-0.39, 0.29) is 24.2 Å². The lowest BCUT2D eigenvalue weighted by atomic mass is 9.99. The Labute approximate surface area is 219 Å². The van der Waals surface area contributed by atoms with Crippen molar-refractivity contribution in [3.05, 3.63) is 96.2 Å². The lowest BCUT2D eigenvalue weighted by Gasteiger charge is -2.40. The molecule has 0 aliphatic carbocycles. The third-order valence-corrected chi connectivity index (χ3v) is 7.03. The van der Waals surface area contributed by atoms with Gasteiger partial charge < -0.3 is 24.4 Å². The maximum absolute atomic E-state index is 13.1. The van der Waals surface area contributed by atoms with Gasteiger partial charge in [0.1, 0.15) is 0 Å². The van der Waals surface area contributed by atoms with Gasteiger partial charge in [-0.15, -0.1) is 0 Å². The molecule has 37 heavy (non-hydrogen) atoms. The minimum Gasteiger partial charge on any atom is -0.377 e. The lowest BCUT2D eigenvalue weighted by Crippen LogP contribution is -2.55. The Balaban J connectivity index is 1.08. The monoisotopic (exact) mass is 500 g/mol. The third kappa shape index (κ3) is 7.05. The molecule has 0 saturated carbocycles. The summed E-state index contributed by atoms with van der Waals surface area (Å²) in [6, 6.07) is 25.0. The predicted octanol–water partition coefficient (Wildman–Crippen LogP) is 4.83. The first-order chi connectivity index (χ1) is 18.3. The van der Waals surface area contributed by atoms with E-state index in [0.717, 1.165) is 31.5 Å². The van der Waals surface area contributed by atoms with Crippen LogP contribution in [-0.2, 0) is 32.2 Å². The van der Waals surface area contributed by atoms with Gasteiger partial charge in [-0.2, -0.15) is 0 Å². The van der Waals surface area contributed by atoms with Crippen LogP contribution in [0, 0.1) is 0 Å². The number of hydrogen-bond acceptors (Lipinski definition) is 5. The highest BCUT2D eigenvalue weighted by atomic mass is 16.5. The van der Waals surface area contributed by atoms with Crippen LogP contribution in [0.25, 0.3) is 10.8 Å². The van der Waals surface area contributed by atoms with E-state index in [4.69, 9.17) is 14.2 Å². The topological polar surface area (TPSA) is 60.0 Å². The van der Waals surface area contributed by atoms with Crippen molar-refractivity contribution in [2.24, 2.45) is 0 Å². The van der Waals surface area contributed by atoms with Gasteiger partial charge in [-0.3, -0.25) is 4.79 Å². The zero-order valence-electron chi connectivity index (χ0n) is 21.3. The second-order valence-corrected chi connectivity index (χ2v) is 9.74. The number of carbonyl (C=O) groups is 1. The molecular formula is C31H36N2O4. The quantitative estimate of drug-likeness (QED) is 0.383. The molecule has 1 saturated heterocycles. The Bertz CT molecular complexity index is 1180. The lowest BCUT2D eigenvalue weighted by molar-refractivity contribution is -0.138. The maximum Gasteiger partial charge on any atom is 0.229 e. The Morgan fingerprint density at radius 1 is 0.865 bits per heavy atom. The van der Waals surface area contributed by atoms with Crippen LogP contribution in [0.4, 0.5) is 0 Å². The van der Waals surface area contributed by atoms with Crippen LogP contribution < -0.4 is 5.32 Å². The van der Waals surface area contributed by atoms with E-state index in [0.29, 0.717) is 32.8 Å². The summed E-state index contributed by atoms with van der Waals surface area (Å²) in [5.74, 6) is 0.0963. The summed E-state index contributed by atoms with van der Waals surface area (Å²) in [5, 5.41) is 5.86. The van der Waals surface area contributed by atoms with Crippen LogP contribution in [0.2, 0.25) is 0 Å². The molecule has 0 radical (unpaired) electrons. The van der Waals surface area contributed by atoms with Crippen LogP contribution >= 0.6 is 0 Å². The van der Waals surface area contributed by atoms with Crippen LogP contribution in [0.5, 0.6) is 0 Å². The van der Waals surface area contributed by atoms with Crippen molar-refractivity contribution in [1.29, 1.82) is 0 Å². The molecule has 2 aliphatic heterocycles. The average molecular weight is 501 g/mol. The molecule has 2 heterocycles. The molecule has 6 heteroatoms. The zero-order chi connectivity index (χ0) is 25.3. The van der Waals surface area contributed by atoms with Gasteiger partial charge in [0.05, 0.1) is 37.9 Å². The minimum atomic E-state index is -0.184. The predicted molar refractivity (Wildman–Crippen MR) is 145 cm³/mol. The van der Waals surface area contributed by atoms with Crippen molar-refractivity contribution in [2.45, 2.75) is 50.7 Å². The summed E-state index contributed by atoms with van der Waals surface area (Å²) in [7, 11) is 0. The summed E-state index contributed by atoms with van der Waals surface area (Å²) < 4.78 is 18.0. The Morgan fingerprint density at radius 2 is 1.70 bits per heavy atom. The molecule has 194 valence electrons. The summed E-state index contributed by atoms with van der Waals surface area (Å²) >= 11 is 0. The average Bonchev–Trinajstić information content (AvgIpc) is 2.94. The van der Waals surface area contributed by atoms with Gasteiger partial charge in [-0.25, -0.2) is 0 Å². The number of rotatable bonds is 11. The number of benzene rings is 3. The fourth-order valence-electron chi connectivity index (χ4n) is 5.02. The summed E-state index contributed by atoms with van der Waals surface area (Å²) in [6.45, 7) is 3.95. The SMILES string of the molecule is O=C1CC(OCCCOCc2ccccc2)C=CN1C1CCNCC1OCc1ccc2ccccc2c1. The molecular weight excluding hydrogens is 464 g/mol. The first-order valence-electron chi connectivity index (χ1n) is 13.3. The number of ether oxygens (including phenoxy) is 3. The third-order valence-electron chi connectivity index (χ3n) is 7.03. The van der Waals surface area contributed by atoms with Crippen LogP contribution in [0.3, 0.4) is 0 Å². The first-order valence-corrected chi connectivity index (χ1v) is 13.3. The second-order valence-electron chi connectivity index (χ2n) is 9.74. The highest BCUT2D eigenvalue weighted by Crippen LogP contribution is 2.23. The number of nitrogens with one attached hydrogen (secondary N) is 1. The Kier molecular flexibility index (Phi) is 8.98. The molecule has 1 N–H and O–H groups in total. The fraction of sp³-hybridized carbons (Fsp3) is 0.387. The molecule has 6 nitrogen and oxygen atoms in total. The van der Waals surface area contributed by atoms with Crippen LogP contribution in [0.15, 0.2) is 85.1 Å². The van der Waals surface area contributed by atoms with E-state index in [9.17, 15) is 4.79 Å². The first kappa shape index (κ1) is 25.6. The minimum absolute atomic E-state index is 0.0257. The van der Waals surface area contributed by atoms with Gasteiger partial charge in [0.15, 0.2) is 0 Å². The van der Waals surface area contributed by atoms with Crippen LogP contribution in [-0.4, -0.2) is 55.4 Å². The van der Waals surface area contributed by atoms with Crippen molar-refractivity contribution >= 4 is 16.7 Å². The molecule has 3 aromatic carbocycles. The van der Waals surface area contributed by atoms with Gasteiger partial charge in [0.25, 0.3) is 0 Å². The molecule has 0 spiro atoms. The standard InChI is InChI=1S/C31H36N2O4/c34-31-20-28(36-18-6-17-35-22-24-7-2-1-3-8-24)14-16-33(31)29-13-15-32-21-30(29)37-23-25-11-12-26-9-4-5-10-27(26)19-25/h1-5,7-12,14,16,19,28-30,32H,6,13,15,17-18,20-23H2. The molecule has 0 aromatic heterocycles. The summed E-state index contributed by atoms with van der Waals surface area (Å²) in [6.07, 6.45) is 5.70. The Hall–Kier alpha value is -3.03. The van der Waals surface area contributed by atoms with Crippen LogP contribution in [0.1, 0.15) is 30.4 Å². The van der Waals surface area contributed by atoms with Crippen molar-refractivity contribution in [3.63, 3.8) is 0 Å². The number of carbonyl (C=O) groups excluding carboxylic acids is 1. The van der Waals surface area contributed by atoms with Gasteiger partial charge >= 0.3 is 0 Å². The molecule has 3 atom stereocenters. The summed E-state index contributed by atoms with van der Waals surface area (Å²) in [5.41, 5.74) is 2.31. The van der Waals surface area contributed by atoms with Crippen molar-refractivity contribution in [2.75, 3.05) is 26.3 Å². The number of amides is 1. The second kappa shape index (κ2) is 13.0. The van der Waals surface area contributed by atoms with Gasteiger partial charge in [0, 0.05) is 26.0 Å². The van der Waals surface area contributed by atoms with E-state index in [1.54, 1.807) is 0 Å². The van der Waals surface area contributed by atoms with E-state index < -0.39 is 0 Å². The zero-order valence-corrected chi connectivity index (χ0v) is 21.3. The molecule has 3 aromatic rings. The van der Waals surface area contributed by atoms with E-state index >= 15 is 0 Å². The van der Waals surface area contributed by atoms with Crippen molar-refractivity contribution in [1.82, 2.24) is 10.2 Å². The van der Waals surface area contributed by atoms with Crippen molar-refractivity contribution < 1.29 is 19.0 Å². The van der Waals surface area contributed by atoms with E-state index in [1.807, 2.05) is 35.4 Å². The number of hydrogen-bond donors (Lipinski definition) is 1. The van der Waals surface area contributed by atoms with E-state index in [2.05, 4.69) is 59.9 Å². The van der Waals surface area contributed by atoms with Gasteiger partial charge in [0.2, 0.25) is 5.91 Å². The summed E-state index contributed by atoms with van der Waals surface area (Å²) in [4.78, 5) is 14.9. The smallest absolute Gasteiger partial charge is 0.229 e. The number of nitrogens with zero attached hydrogens (tertiary/aromatic N) is 1. The highest BCUT2D eigenvalue weighted by molar-refractivity contribution is 5.83. The molecule has 1 fully saturated rings. The molecule has 2 aliphatic rings. The number of fused-ring (bicyclic) bond motifs is 1. The maximum atomic E-state index is 13.1. The number of piperidine rings is 1. The molecule has 5 rings (SSSR count). The highest BCUT2D eigenvalue weighted by Gasteiger charge is 2.35. The Morgan fingerprint density at radius 3 is 2.57 bits per heavy atom. The normalized spacial score (nSPS) is 22.0. The van der Waals surface area contributed by atoms with Crippen molar-refractivity contribution in [3.8, 4) is 0 Å². The fourth-order valence-corrected chi connectivity index (χ4v) is 5.02. The van der Waals surface area contributed by atoms with Gasteiger partial charge in [-0.05, 0) is 53.4 Å². The molecule has 3 unspecified atom stereocenters. The van der Waals surface area contributed by atoms with E-state index in [1.165, 1.54) is 16.3 Å².